The number of carbonyl (C=O) groups excluding carboxylic acids is 2. The number of aryl methyl sites for hydroxylation is 1. The first-order valence-electron chi connectivity index (χ1n) is 8.32. The Hall–Kier alpha value is -2.82. The highest BCUT2D eigenvalue weighted by molar-refractivity contribution is 5.96. The summed E-state index contributed by atoms with van der Waals surface area (Å²) in [5.41, 5.74) is 2.12. The smallest absolute Gasteiger partial charge is 0.337 e. The fourth-order valence-corrected chi connectivity index (χ4v) is 2.35. The van der Waals surface area contributed by atoms with E-state index < -0.39 is 12.1 Å². The van der Waals surface area contributed by atoms with E-state index in [0.29, 0.717) is 23.4 Å². The fraction of sp³-hybridized carbons (Fsp3) is 0.300. The van der Waals surface area contributed by atoms with E-state index in [1.807, 2.05) is 31.2 Å². The van der Waals surface area contributed by atoms with Gasteiger partial charge < -0.3 is 14.8 Å². The molecule has 2 rings (SSSR count). The molecule has 1 N–H and O–H groups in total. The van der Waals surface area contributed by atoms with E-state index in [4.69, 9.17) is 4.74 Å². The highest BCUT2D eigenvalue weighted by atomic mass is 16.5. The highest BCUT2D eigenvalue weighted by Gasteiger charge is 2.19. The molecule has 0 heterocycles. The molecule has 132 valence electrons. The van der Waals surface area contributed by atoms with Gasteiger partial charge in [0.05, 0.1) is 12.7 Å². The van der Waals surface area contributed by atoms with Gasteiger partial charge in [-0.2, -0.15) is 0 Å². The second kappa shape index (κ2) is 8.87. The molecule has 0 spiro atoms. The van der Waals surface area contributed by atoms with Gasteiger partial charge in [-0.1, -0.05) is 32.0 Å². The van der Waals surface area contributed by atoms with Crippen LogP contribution < -0.4 is 10.1 Å². The summed E-state index contributed by atoms with van der Waals surface area (Å²) in [5.74, 6) is -0.0537. The summed E-state index contributed by atoms with van der Waals surface area (Å²) in [5, 5.41) is 2.78. The predicted molar refractivity (Wildman–Crippen MR) is 96.9 cm³/mol. The number of carbonyl (C=O) groups is 2. The van der Waals surface area contributed by atoms with Crippen molar-refractivity contribution in [3.8, 4) is 5.75 Å². The molecule has 0 radical (unpaired) electrons. The average Bonchev–Trinajstić information content (AvgIpc) is 2.66. The lowest BCUT2D eigenvalue weighted by atomic mass is 10.1. The van der Waals surface area contributed by atoms with Crippen LogP contribution >= 0.6 is 0 Å². The molecule has 0 fully saturated rings. The number of ether oxygens (including phenoxy) is 2. The highest BCUT2D eigenvalue weighted by Crippen LogP contribution is 2.17. The van der Waals surface area contributed by atoms with Gasteiger partial charge in [-0.05, 0) is 48.7 Å². The Morgan fingerprint density at radius 2 is 1.80 bits per heavy atom. The zero-order valence-corrected chi connectivity index (χ0v) is 14.7. The SMILES string of the molecule is CCc1ccc(O[C@H](CC)C(=O)Nc2cccc(C(=O)OC)c2)cc1. The lowest BCUT2D eigenvalue weighted by Crippen LogP contribution is -2.32. The number of nitrogens with one attached hydrogen (secondary N) is 1. The lowest BCUT2D eigenvalue weighted by molar-refractivity contribution is -0.122. The van der Waals surface area contributed by atoms with E-state index in [0.717, 1.165) is 6.42 Å². The van der Waals surface area contributed by atoms with Gasteiger partial charge in [-0.25, -0.2) is 4.79 Å². The monoisotopic (exact) mass is 341 g/mol. The number of anilines is 1. The van der Waals surface area contributed by atoms with Crippen molar-refractivity contribution >= 4 is 17.6 Å². The van der Waals surface area contributed by atoms with Crippen LogP contribution in [0.25, 0.3) is 0 Å². The molecule has 2 aromatic rings. The molecule has 0 aromatic heterocycles. The molecule has 0 saturated carbocycles. The molecule has 2 aromatic carbocycles. The van der Waals surface area contributed by atoms with Gasteiger partial charge in [0.25, 0.3) is 5.91 Å². The van der Waals surface area contributed by atoms with Crippen molar-refractivity contribution in [1.82, 2.24) is 0 Å². The van der Waals surface area contributed by atoms with Crippen LogP contribution in [0, 0.1) is 0 Å². The molecule has 0 aliphatic rings. The van der Waals surface area contributed by atoms with Gasteiger partial charge in [0.2, 0.25) is 0 Å². The number of hydrogen-bond acceptors (Lipinski definition) is 4. The Bertz CT molecular complexity index is 725. The van der Waals surface area contributed by atoms with E-state index in [-0.39, 0.29) is 5.91 Å². The number of amides is 1. The third-order valence-electron chi connectivity index (χ3n) is 3.82. The van der Waals surface area contributed by atoms with E-state index in [1.54, 1.807) is 24.3 Å². The Labute approximate surface area is 148 Å². The van der Waals surface area contributed by atoms with Crippen molar-refractivity contribution in [2.75, 3.05) is 12.4 Å². The van der Waals surface area contributed by atoms with Crippen LogP contribution in [-0.4, -0.2) is 25.1 Å². The largest absolute Gasteiger partial charge is 0.481 e. The van der Waals surface area contributed by atoms with E-state index in [9.17, 15) is 9.59 Å². The summed E-state index contributed by atoms with van der Waals surface area (Å²) in [4.78, 5) is 24.0. The maximum Gasteiger partial charge on any atom is 0.337 e. The van der Waals surface area contributed by atoms with Crippen LogP contribution in [0.4, 0.5) is 5.69 Å². The minimum Gasteiger partial charge on any atom is -0.481 e. The zero-order valence-electron chi connectivity index (χ0n) is 14.7. The first kappa shape index (κ1) is 18.5. The molecule has 1 amide bonds. The summed E-state index contributed by atoms with van der Waals surface area (Å²) in [7, 11) is 1.32. The fourth-order valence-electron chi connectivity index (χ4n) is 2.35. The number of esters is 1. The van der Waals surface area contributed by atoms with E-state index in [1.165, 1.54) is 12.7 Å². The summed E-state index contributed by atoms with van der Waals surface area (Å²) in [6.07, 6.45) is 0.862. The van der Waals surface area contributed by atoms with E-state index >= 15 is 0 Å². The van der Waals surface area contributed by atoms with Crippen LogP contribution in [0.3, 0.4) is 0 Å². The molecule has 5 heteroatoms. The van der Waals surface area contributed by atoms with Gasteiger partial charge in [-0.3, -0.25) is 4.79 Å². The van der Waals surface area contributed by atoms with Gasteiger partial charge in [-0.15, -0.1) is 0 Å². The summed E-state index contributed by atoms with van der Waals surface area (Å²) >= 11 is 0. The van der Waals surface area contributed by atoms with Crippen LogP contribution in [0.15, 0.2) is 48.5 Å². The molecule has 0 aliphatic heterocycles. The van der Waals surface area contributed by atoms with Crippen molar-refractivity contribution in [3.63, 3.8) is 0 Å². The topological polar surface area (TPSA) is 64.6 Å². The van der Waals surface area contributed by atoms with Crippen molar-refractivity contribution < 1.29 is 19.1 Å². The average molecular weight is 341 g/mol. The quantitative estimate of drug-likeness (QED) is 0.777. The van der Waals surface area contributed by atoms with Gasteiger partial charge >= 0.3 is 5.97 Å². The first-order valence-corrected chi connectivity index (χ1v) is 8.32. The van der Waals surface area contributed by atoms with Crippen LogP contribution in [0.2, 0.25) is 0 Å². The number of hydrogen-bond donors (Lipinski definition) is 1. The molecule has 25 heavy (non-hydrogen) atoms. The third-order valence-corrected chi connectivity index (χ3v) is 3.82. The maximum absolute atomic E-state index is 12.5. The van der Waals surface area contributed by atoms with Crippen LogP contribution in [-0.2, 0) is 16.0 Å². The van der Waals surface area contributed by atoms with Crippen molar-refractivity contribution in [3.05, 3.63) is 59.7 Å². The Morgan fingerprint density at radius 1 is 1.08 bits per heavy atom. The minimum atomic E-state index is -0.616. The maximum atomic E-state index is 12.5. The summed E-state index contributed by atoms with van der Waals surface area (Å²) < 4.78 is 10.5. The van der Waals surface area contributed by atoms with Crippen molar-refractivity contribution in [2.45, 2.75) is 32.8 Å². The van der Waals surface area contributed by atoms with Crippen LogP contribution in [0.1, 0.15) is 36.2 Å². The normalized spacial score (nSPS) is 11.5. The first-order chi connectivity index (χ1) is 12.1. The van der Waals surface area contributed by atoms with Gasteiger partial charge in [0.15, 0.2) is 6.10 Å². The summed E-state index contributed by atoms with van der Waals surface area (Å²) in [6, 6.07) is 14.3. The van der Waals surface area contributed by atoms with Crippen LogP contribution in [0.5, 0.6) is 5.75 Å². The molecule has 0 aliphatic carbocycles. The summed E-state index contributed by atoms with van der Waals surface area (Å²) in [6.45, 7) is 3.97. The molecule has 0 bridgehead atoms. The number of methoxy groups -OCH3 is 1. The zero-order chi connectivity index (χ0) is 18.2. The Kier molecular flexibility index (Phi) is 6.57. The standard InChI is InChI=1S/C20H23NO4/c1-4-14-9-11-17(12-10-14)25-18(5-2)19(22)21-16-8-6-7-15(13-16)20(23)24-3/h6-13,18H,4-5H2,1-3H3,(H,21,22)/t18-/m1/s1. The minimum absolute atomic E-state index is 0.260. The molecular weight excluding hydrogens is 318 g/mol. The molecule has 0 saturated heterocycles. The molecule has 5 nitrogen and oxygen atoms in total. The Morgan fingerprint density at radius 3 is 2.40 bits per heavy atom. The number of rotatable bonds is 7. The van der Waals surface area contributed by atoms with Crippen molar-refractivity contribution in [1.29, 1.82) is 0 Å². The lowest BCUT2D eigenvalue weighted by Gasteiger charge is -2.17. The third kappa shape index (κ3) is 5.08. The predicted octanol–water partition coefficient (Wildman–Crippen LogP) is 3.83. The number of benzene rings is 2. The second-order valence-corrected chi connectivity index (χ2v) is 5.57. The second-order valence-electron chi connectivity index (χ2n) is 5.57. The van der Waals surface area contributed by atoms with E-state index in [2.05, 4.69) is 17.0 Å². The van der Waals surface area contributed by atoms with Gasteiger partial charge in [0, 0.05) is 5.69 Å². The molecular formula is C20H23NO4. The van der Waals surface area contributed by atoms with Gasteiger partial charge in [0.1, 0.15) is 5.75 Å². The van der Waals surface area contributed by atoms with Crippen molar-refractivity contribution in [2.24, 2.45) is 0 Å². The molecule has 1 atom stereocenters. The Balaban J connectivity index is 2.05. The molecule has 0 unspecified atom stereocenters.